The van der Waals surface area contributed by atoms with Gasteiger partial charge < -0.3 is 10.1 Å². The SMILES string of the molecule is CCN(CC)S(=O)(=O)c1cc(C(=O)Nc2ccc(F)cc2F)ccc1OC. The van der Waals surface area contributed by atoms with Gasteiger partial charge in [0, 0.05) is 24.7 Å². The minimum atomic E-state index is -3.88. The molecule has 0 saturated carbocycles. The van der Waals surface area contributed by atoms with E-state index in [9.17, 15) is 22.0 Å². The summed E-state index contributed by atoms with van der Waals surface area (Å²) in [5.74, 6) is -2.36. The molecule has 0 unspecified atom stereocenters. The molecule has 2 aromatic rings. The zero-order chi connectivity index (χ0) is 20.2. The summed E-state index contributed by atoms with van der Waals surface area (Å²) in [5.41, 5.74) is -0.226. The van der Waals surface area contributed by atoms with E-state index in [4.69, 9.17) is 4.74 Å². The average molecular weight is 398 g/mol. The summed E-state index contributed by atoms with van der Waals surface area (Å²) >= 11 is 0. The molecule has 0 saturated heterocycles. The van der Waals surface area contributed by atoms with Gasteiger partial charge in [-0.1, -0.05) is 13.8 Å². The topological polar surface area (TPSA) is 75.7 Å². The largest absolute Gasteiger partial charge is 0.495 e. The highest BCUT2D eigenvalue weighted by molar-refractivity contribution is 7.89. The van der Waals surface area contributed by atoms with Crippen molar-refractivity contribution in [3.05, 3.63) is 53.6 Å². The summed E-state index contributed by atoms with van der Waals surface area (Å²) in [6.07, 6.45) is 0. The van der Waals surface area contributed by atoms with E-state index >= 15 is 0 Å². The molecule has 146 valence electrons. The lowest BCUT2D eigenvalue weighted by atomic mass is 10.2. The standard InChI is InChI=1S/C18H20F2N2O4S/c1-4-22(5-2)27(24,25)17-10-12(6-9-16(17)26-3)18(23)21-15-8-7-13(19)11-14(15)20/h6-11H,4-5H2,1-3H3,(H,21,23). The van der Waals surface area contributed by atoms with E-state index in [0.717, 1.165) is 12.1 Å². The molecular formula is C18H20F2N2O4S. The molecule has 0 aliphatic rings. The van der Waals surface area contributed by atoms with Gasteiger partial charge in [-0.3, -0.25) is 4.79 Å². The lowest BCUT2D eigenvalue weighted by Gasteiger charge is -2.20. The predicted molar refractivity (Wildman–Crippen MR) is 97.4 cm³/mol. The zero-order valence-electron chi connectivity index (χ0n) is 15.1. The normalized spacial score (nSPS) is 11.5. The van der Waals surface area contributed by atoms with Crippen LogP contribution in [0.25, 0.3) is 0 Å². The van der Waals surface area contributed by atoms with Gasteiger partial charge in [0.2, 0.25) is 10.0 Å². The van der Waals surface area contributed by atoms with E-state index in [1.807, 2.05) is 0 Å². The maximum Gasteiger partial charge on any atom is 0.255 e. The van der Waals surface area contributed by atoms with Gasteiger partial charge in [-0.25, -0.2) is 17.2 Å². The molecule has 2 rings (SSSR count). The number of nitrogens with zero attached hydrogens (tertiary/aromatic N) is 1. The van der Waals surface area contributed by atoms with Gasteiger partial charge >= 0.3 is 0 Å². The fraction of sp³-hybridized carbons (Fsp3) is 0.278. The molecule has 9 heteroatoms. The zero-order valence-corrected chi connectivity index (χ0v) is 15.9. The number of sulfonamides is 1. The summed E-state index contributed by atoms with van der Waals surface area (Å²) in [7, 11) is -2.56. The number of halogens is 2. The second-order valence-corrected chi connectivity index (χ2v) is 7.44. The third kappa shape index (κ3) is 4.42. The number of hydrogen-bond acceptors (Lipinski definition) is 4. The van der Waals surface area contributed by atoms with E-state index in [2.05, 4.69) is 5.32 Å². The third-order valence-corrected chi connectivity index (χ3v) is 6.00. The second-order valence-electron chi connectivity index (χ2n) is 5.53. The molecule has 0 aromatic heterocycles. The Kier molecular flexibility index (Phi) is 6.50. The molecule has 0 aliphatic carbocycles. The number of hydrogen-bond donors (Lipinski definition) is 1. The first kappa shape index (κ1) is 20.8. The Morgan fingerprint density at radius 3 is 2.33 bits per heavy atom. The van der Waals surface area contributed by atoms with Gasteiger partial charge in [-0.2, -0.15) is 4.31 Å². The Morgan fingerprint density at radius 2 is 1.78 bits per heavy atom. The fourth-order valence-electron chi connectivity index (χ4n) is 2.51. The predicted octanol–water partition coefficient (Wildman–Crippen LogP) is 3.26. The van der Waals surface area contributed by atoms with E-state index in [0.29, 0.717) is 6.07 Å². The minimum Gasteiger partial charge on any atom is -0.495 e. The van der Waals surface area contributed by atoms with Crippen molar-refractivity contribution in [2.45, 2.75) is 18.7 Å². The van der Waals surface area contributed by atoms with Crippen molar-refractivity contribution in [1.82, 2.24) is 4.31 Å². The fourth-order valence-corrected chi connectivity index (χ4v) is 4.15. The van der Waals surface area contributed by atoms with Gasteiger partial charge in [-0.15, -0.1) is 0 Å². The highest BCUT2D eigenvalue weighted by atomic mass is 32.2. The highest BCUT2D eigenvalue weighted by Gasteiger charge is 2.27. The van der Waals surface area contributed by atoms with Crippen molar-refractivity contribution < 1.29 is 26.7 Å². The Balaban J connectivity index is 2.43. The lowest BCUT2D eigenvalue weighted by molar-refractivity contribution is 0.102. The van der Waals surface area contributed by atoms with Crippen molar-refractivity contribution in [1.29, 1.82) is 0 Å². The number of carbonyl (C=O) groups is 1. The van der Waals surface area contributed by atoms with Crippen LogP contribution in [0.3, 0.4) is 0 Å². The first-order valence-electron chi connectivity index (χ1n) is 8.19. The molecule has 6 nitrogen and oxygen atoms in total. The Hall–Kier alpha value is -2.52. The smallest absolute Gasteiger partial charge is 0.255 e. The summed E-state index contributed by atoms with van der Waals surface area (Å²) < 4.78 is 58.7. The van der Waals surface area contributed by atoms with Crippen LogP contribution in [0.2, 0.25) is 0 Å². The molecule has 2 aromatic carbocycles. The maximum absolute atomic E-state index is 13.7. The summed E-state index contributed by atoms with van der Waals surface area (Å²) in [6.45, 7) is 3.89. The summed E-state index contributed by atoms with van der Waals surface area (Å²) in [4.78, 5) is 12.3. The van der Waals surface area contributed by atoms with Crippen molar-refractivity contribution in [2.75, 3.05) is 25.5 Å². The third-order valence-electron chi connectivity index (χ3n) is 3.93. The van der Waals surface area contributed by atoms with Crippen LogP contribution in [0.4, 0.5) is 14.5 Å². The number of methoxy groups -OCH3 is 1. The first-order valence-corrected chi connectivity index (χ1v) is 9.63. The highest BCUT2D eigenvalue weighted by Crippen LogP contribution is 2.28. The number of ether oxygens (including phenoxy) is 1. The molecule has 1 amide bonds. The Bertz CT molecular complexity index is 944. The lowest BCUT2D eigenvalue weighted by Crippen LogP contribution is -2.31. The Labute approximate surface area is 156 Å². The summed E-state index contributed by atoms with van der Waals surface area (Å²) in [5, 5.41) is 2.30. The van der Waals surface area contributed by atoms with Crippen LogP contribution in [-0.2, 0) is 10.0 Å². The van der Waals surface area contributed by atoms with Gasteiger partial charge in [0.1, 0.15) is 22.3 Å². The molecule has 0 bridgehead atoms. The maximum atomic E-state index is 13.7. The van der Waals surface area contributed by atoms with E-state index in [1.165, 1.54) is 29.6 Å². The first-order chi connectivity index (χ1) is 12.7. The molecule has 0 atom stereocenters. The number of nitrogens with one attached hydrogen (secondary N) is 1. The number of rotatable bonds is 7. The molecule has 0 radical (unpaired) electrons. The minimum absolute atomic E-state index is 0.00902. The van der Waals surface area contributed by atoms with Crippen LogP contribution in [0, 0.1) is 11.6 Å². The van der Waals surface area contributed by atoms with Gasteiger partial charge in [-0.05, 0) is 30.3 Å². The monoisotopic (exact) mass is 398 g/mol. The van der Waals surface area contributed by atoms with Crippen molar-refractivity contribution >= 4 is 21.6 Å². The Morgan fingerprint density at radius 1 is 1.11 bits per heavy atom. The van der Waals surface area contributed by atoms with Crippen LogP contribution >= 0.6 is 0 Å². The van der Waals surface area contributed by atoms with Crippen LogP contribution in [0.15, 0.2) is 41.3 Å². The van der Waals surface area contributed by atoms with Crippen LogP contribution in [-0.4, -0.2) is 38.8 Å². The van der Waals surface area contributed by atoms with Gasteiger partial charge in [0.05, 0.1) is 12.8 Å². The molecule has 0 fully saturated rings. The molecule has 27 heavy (non-hydrogen) atoms. The van der Waals surface area contributed by atoms with Crippen LogP contribution in [0.1, 0.15) is 24.2 Å². The number of amides is 1. The van der Waals surface area contributed by atoms with Crippen molar-refractivity contribution in [3.8, 4) is 5.75 Å². The second kappa shape index (κ2) is 8.45. The van der Waals surface area contributed by atoms with Crippen molar-refractivity contribution in [2.24, 2.45) is 0 Å². The molecule has 0 heterocycles. The number of benzene rings is 2. The molecular weight excluding hydrogens is 378 g/mol. The van der Waals surface area contributed by atoms with Gasteiger partial charge in [0.15, 0.2) is 0 Å². The quantitative estimate of drug-likeness (QED) is 0.777. The molecule has 0 spiro atoms. The number of anilines is 1. The van der Waals surface area contributed by atoms with Gasteiger partial charge in [0.25, 0.3) is 5.91 Å². The van der Waals surface area contributed by atoms with Crippen molar-refractivity contribution in [3.63, 3.8) is 0 Å². The van der Waals surface area contributed by atoms with Crippen LogP contribution in [0.5, 0.6) is 5.75 Å². The average Bonchev–Trinajstić information content (AvgIpc) is 2.64. The molecule has 1 N–H and O–H groups in total. The molecule has 0 aliphatic heterocycles. The van der Waals surface area contributed by atoms with E-state index < -0.39 is 27.6 Å². The number of carbonyl (C=O) groups excluding carboxylic acids is 1. The summed E-state index contributed by atoms with van der Waals surface area (Å²) in [6, 6.07) is 6.61. The van der Waals surface area contributed by atoms with E-state index in [-0.39, 0.29) is 35.0 Å². The van der Waals surface area contributed by atoms with E-state index in [1.54, 1.807) is 13.8 Å². The van der Waals surface area contributed by atoms with Crippen LogP contribution < -0.4 is 10.1 Å².